The number of Topliss-reactive ketones (excluding diaryl/α,β-unsaturated/α-hetero) is 1. The molecule has 0 saturated carbocycles. The van der Waals surface area contributed by atoms with Gasteiger partial charge in [0.15, 0.2) is 6.61 Å². The molecule has 0 radical (unpaired) electrons. The largest absolute Gasteiger partial charge is 0.454 e. The molecule has 1 aromatic carbocycles. The fraction of sp³-hybridized carbons (Fsp3) is 0.0714. The van der Waals surface area contributed by atoms with Crippen molar-refractivity contribution < 1.29 is 14.3 Å². The minimum Gasteiger partial charge on any atom is -0.454 e. The maximum Gasteiger partial charge on any atom is 0.338 e. The maximum atomic E-state index is 11.7. The highest BCUT2D eigenvalue weighted by atomic mass is 32.1. The van der Waals surface area contributed by atoms with Crippen molar-refractivity contribution in [3.05, 3.63) is 57.8 Å². The summed E-state index contributed by atoms with van der Waals surface area (Å²) in [6.07, 6.45) is 0. The Balaban J connectivity index is 1.98. The zero-order valence-corrected chi connectivity index (χ0v) is 10.6. The lowest BCUT2D eigenvalue weighted by atomic mass is 10.1. The summed E-state index contributed by atoms with van der Waals surface area (Å²) in [5, 5.41) is 10.5. The number of hydrogen-bond acceptors (Lipinski definition) is 5. The zero-order valence-electron chi connectivity index (χ0n) is 9.83. The van der Waals surface area contributed by atoms with E-state index in [1.165, 1.54) is 17.4 Å². The molecular weight excluding hydrogens is 262 g/mol. The summed E-state index contributed by atoms with van der Waals surface area (Å²) < 4.78 is 4.92. The van der Waals surface area contributed by atoms with Crippen LogP contribution in [0.3, 0.4) is 0 Å². The lowest BCUT2D eigenvalue weighted by Gasteiger charge is -2.03. The molecule has 0 aliphatic rings. The fourth-order valence-corrected chi connectivity index (χ4v) is 2.09. The Hall–Kier alpha value is -2.45. The summed E-state index contributed by atoms with van der Waals surface area (Å²) in [7, 11) is 0. The van der Waals surface area contributed by atoms with Crippen molar-refractivity contribution in [2.75, 3.05) is 6.61 Å². The van der Waals surface area contributed by atoms with Crippen LogP contribution in [0.5, 0.6) is 0 Å². The van der Waals surface area contributed by atoms with Crippen molar-refractivity contribution in [1.82, 2.24) is 0 Å². The predicted molar refractivity (Wildman–Crippen MR) is 70.1 cm³/mol. The van der Waals surface area contributed by atoms with Crippen molar-refractivity contribution in [1.29, 1.82) is 5.26 Å². The van der Waals surface area contributed by atoms with E-state index in [2.05, 4.69) is 0 Å². The Bertz CT molecular complexity index is 641. The predicted octanol–water partition coefficient (Wildman–Crippen LogP) is 2.66. The normalized spacial score (nSPS) is 9.63. The van der Waals surface area contributed by atoms with E-state index in [9.17, 15) is 9.59 Å². The molecule has 0 bridgehead atoms. The molecule has 0 amide bonds. The van der Waals surface area contributed by atoms with Gasteiger partial charge in [-0.15, -0.1) is 11.3 Å². The van der Waals surface area contributed by atoms with Crippen LogP contribution in [0.25, 0.3) is 0 Å². The highest BCUT2D eigenvalue weighted by molar-refractivity contribution is 7.12. The van der Waals surface area contributed by atoms with Crippen molar-refractivity contribution >= 4 is 23.1 Å². The SMILES string of the molecule is N#Cc1cccc(C(=O)OCC(=O)c2cccs2)c1. The highest BCUT2D eigenvalue weighted by Crippen LogP contribution is 2.10. The average Bonchev–Trinajstić information content (AvgIpc) is 2.98. The van der Waals surface area contributed by atoms with Gasteiger partial charge in [0.25, 0.3) is 0 Å². The second-order valence-electron chi connectivity index (χ2n) is 3.67. The third-order valence-corrected chi connectivity index (χ3v) is 3.27. The Morgan fingerprint density at radius 1 is 1.26 bits per heavy atom. The standard InChI is InChI=1S/C14H9NO3S/c15-8-10-3-1-4-11(7-10)14(17)18-9-12(16)13-5-2-6-19-13/h1-7H,9H2. The molecule has 0 fully saturated rings. The molecule has 0 aliphatic heterocycles. The van der Waals surface area contributed by atoms with Crippen LogP contribution in [0.1, 0.15) is 25.6 Å². The maximum absolute atomic E-state index is 11.7. The first-order valence-corrected chi connectivity index (χ1v) is 6.32. The molecule has 1 heterocycles. The second kappa shape index (κ2) is 5.94. The Morgan fingerprint density at radius 2 is 2.11 bits per heavy atom. The van der Waals surface area contributed by atoms with Crippen LogP contribution in [-0.4, -0.2) is 18.4 Å². The second-order valence-corrected chi connectivity index (χ2v) is 4.62. The minimum atomic E-state index is -0.609. The number of nitriles is 1. The van der Waals surface area contributed by atoms with Gasteiger partial charge in [-0.3, -0.25) is 4.79 Å². The van der Waals surface area contributed by atoms with Gasteiger partial charge in [-0.05, 0) is 29.6 Å². The summed E-state index contributed by atoms with van der Waals surface area (Å²) in [6.45, 7) is -0.296. The van der Waals surface area contributed by atoms with Crippen LogP contribution >= 0.6 is 11.3 Å². The lowest BCUT2D eigenvalue weighted by Crippen LogP contribution is -2.13. The molecule has 94 valence electrons. The van der Waals surface area contributed by atoms with Gasteiger partial charge in [0.1, 0.15) is 0 Å². The quantitative estimate of drug-likeness (QED) is 0.633. The molecule has 0 aliphatic carbocycles. The molecular formula is C14H9NO3S. The first-order valence-electron chi connectivity index (χ1n) is 5.44. The molecule has 5 heteroatoms. The number of carbonyl (C=O) groups excluding carboxylic acids is 2. The van der Waals surface area contributed by atoms with Crippen molar-refractivity contribution in [2.45, 2.75) is 0 Å². The first-order chi connectivity index (χ1) is 9.20. The number of nitrogens with zero attached hydrogens (tertiary/aromatic N) is 1. The Kier molecular flexibility index (Phi) is 4.06. The summed E-state index contributed by atoms with van der Waals surface area (Å²) in [6, 6.07) is 11.5. The van der Waals surface area contributed by atoms with Crippen LogP contribution in [0.15, 0.2) is 41.8 Å². The summed E-state index contributed by atoms with van der Waals surface area (Å²) in [5.74, 6) is -0.846. The lowest BCUT2D eigenvalue weighted by molar-refractivity contribution is 0.0476. The van der Waals surface area contributed by atoms with E-state index in [0.717, 1.165) is 0 Å². The smallest absolute Gasteiger partial charge is 0.338 e. The molecule has 19 heavy (non-hydrogen) atoms. The topological polar surface area (TPSA) is 67.2 Å². The Morgan fingerprint density at radius 3 is 2.79 bits per heavy atom. The van der Waals surface area contributed by atoms with Gasteiger partial charge in [0, 0.05) is 0 Å². The third kappa shape index (κ3) is 3.27. The van der Waals surface area contributed by atoms with Gasteiger partial charge in [-0.2, -0.15) is 5.26 Å². The molecule has 1 aromatic heterocycles. The van der Waals surface area contributed by atoms with Gasteiger partial charge in [0.2, 0.25) is 5.78 Å². The van der Waals surface area contributed by atoms with Crippen molar-refractivity contribution in [2.24, 2.45) is 0 Å². The molecule has 2 rings (SSSR count). The number of rotatable bonds is 4. The van der Waals surface area contributed by atoms with Gasteiger partial charge in [-0.1, -0.05) is 12.1 Å². The fourth-order valence-electron chi connectivity index (χ4n) is 1.44. The monoisotopic (exact) mass is 271 g/mol. The molecule has 0 spiro atoms. The summed E-state index contributed by atoms with van der Waals surface area (Å²) >= 11 is 1.30. The minimum absolute atomic E-state index is 0.236. The highest BCUT2D eigenvalue weighted by Gasteiger charge is 2.12. The first kappa shape index (κ1) is 13.0. The number of ketones is 1. The molecule has 0 saturated heterocycles. The molecule has 0 unspecified atom stereocenters. The van der Waals surface area contributed by atoms with E-state index < -0.39 is 5.97 Å². The van der Waals surface area contributed by atoms with Gasteiger partial charge >= 0.3 is 5.97 Å². The third-order valence-electron chi connectivity index (χ3n) is 2.36. The molecule has 0 N–H and O–H groups in total. The Labute approximate surface area is 113 Å². The number of esters is 1. The molecule has 0 atom stereocenters. The molecule has 4 nitrogen and oxygen atoms in total. The van der Waals surface area contributed by atoms with Crippen LogP contribution in [0.2, 0.25) is 0 Å². The number of ether oxygens (including phenoxy) is 1. The number of carbonyl (C=O) groups is 2. The van der Waals surface area contributed by atoms with Crippen LogP contribution < -0.4 is 0 Å². The van der Waals surface area contributed by atoms with Crippen LogP contribution in [-0.2, 0) is 4.74 Å². The van der Waals surface area contributed by atoms with E-state index in [0.29, 0.717) is 10.4 Å². The van der Waals surface area contributed by atoms with E-state index in [4.69, 9.17) is 10.00 Å². The van der Waals surface area contributed by atoms with E-state index in [1.54, 1.807) is 35.7 Å². The van der Waals surface area contributed by atoms with Crippen molar-refractivity contribution in [3.8, 4) is 6.07 Å². The zero-order chi connectivity index (χ0) is 13.7. The molecule has 2 aromatic rings. The van der Waals surface area contributed by atoms with E-state index in [-0.39, 0.29) is 18.0 Å². The average molecular weight is 271 g/mol. The van der Waals surface area contributed by atoms with E-state index in [1.807, 2.05) is 6.07 Å². The summed E-state index contributed by atoms with van der Waals surface area (Å²) in [5.41, 5.74) is 0.636. The van der Waals surface area contributed by atoms with Crippen molar-refractivity contribution in [3.63, 3.8) is 0 Å². The number of hydrogen-bond donors (Lipinski definition) is 0. The van der Waals surface area contributed by atoms with Gasteiger partial charge in [0.05, 0.1) is 22.1 Å². The summed E-state index contributed by atoms with van der Waals surface area (Å²) in [4.78, 5) is 23.9. The van der Waals surface area contributed by atoms with Gasteiger partial charge < -0.3 is 4.74 Å². The van der Waals surface area contributed by atoms with Crippen LogP contribution in [0, 0.1) is 11.3 Å². The number of thiophene rings is 1. The van der Waals surface area contributed by atoms with Gasteiger partial charge in [-0.25, -0.2) is 4.79 Å². The van der Waals surface area contributed by atoms with E-state index >= 15 is 0 Å². The number of benzene rings is 1. The van der Waals surface area contributed by atoms with Crippen LogP contribution in [0.4, 0.5) is 0 Å².